The van der Waals surface area contributed by atoms with Crippen molar-refractivity contribution in [2.75, 3.05) is 11.9 Å². The highest BCUT2D eigenvalue weighted by Crippen LogP contribution is 2.39. The lowest BCUT2D eigenvalue weighted by atomic mass is 9.93. The van der Waals surface area contributed by atoms with Crippen LogP contribution < -0.4 is 10.1 Å². The number of H-pyrrole nitrogens is 1. The zero-order valence-electron chi connectivity index (χ0n) is 21.2. The van der Waals surface area contributed by atoms with E-state index in [0.717, 1.165) is 28.5 Å². The Bertz CT molecular complexity index is 1470. The highest BCUT2D eigenvalue weighted by Gasteiger charge is 2.38. The molecule has 1 aliphatic rings. The number of pyridine rings is 1. The van der Waals surface area contributed by atoms with Crippen LogP contribution in [0.1, 0.15) is 58.2 Å². The lowest BCUT2D eigenvalue weighted by Gasteiger charge is -2.29. The number of aromatic amines is 1. The summed E-state index contributed by atoms with van der Waals surface area (Å²) in [5.74, 6) is 0.456. The van der Waals surface area contributed by atoms with Gasteiger partial charge in [0.2, 0.25) is 0 Å². The molecule has 2 N–H and O–H groups in total. The van der Waals surface area contributed by atoms with E-state index in [4.69, 9.17) is 9.84 Å². The molecule has 0 unspecified atom stereocenters. The Morgan fingerprint density at radius 3 is 2.63 bits per heavy atom. The molecule has 4 aromatic heterocycles. The summed E-state index contributed by atoms with van der Waals surface area (Å²) < 4.78 is 48.9. The normalized spacial score (nSPS) is 18.4. The number of halogens is 3. The Balaban J connectivity index is 1.42. The Labute approximate surface area is 216 Å². The van der Waals surface area contributed by atoms with E-state index in [9.17, 15) is 18.4 Å². The molecule has 10 nitrogen and oxygen atoms in total. The third kappa shape index (κ3) is 4.78. The van der Waals surface area contributed by atoms with E-state index in [0.29, 0.717) is 37.9 Å². The molecule has 0 saturated heterocycles. The number of ether oxygens (including phenoxy) is 1. The van der Waals surface area contributed by atoms with Crippen LogP contribution in [0, 0.1) is 11.3 Å². The van der Waals surface area contributed by atoms with Gasteiger partial charge in [0.05, 0.1) is 36.1 Å². The molecule has 0 bridgehead atoms. The molecule has 0 spiro atoms. The lowest BCUT2D eigenvalue weighted by molar-refractivity contribution is -0.143. The average molecular weight is 528 g/mol. The Morgan fingerprint density at radius 2 is 1.95 bits per heavy atom. The first kappa shape index (κ1) is 25.6. The topological polar surface area (TPSA) is 122 Å². The summed E-state index contributed by atoms with van der Waals surface area (Å²) in [4.78, 5) is 4.53. The average Bonchev–Trinajstić information content (AvgIpc) is 3.63. The van der Waals surface area contributed by atoms with Crippen molar-refractivity contribution in [3.05, 3.63) is 36.5 Å². The Hall–Kier alpha value is -4.08. The number of aromatic nitrogens is 7. The highest BCUT2D eigenvalue weighted by molar-refractivity contribution is 5.93. The number of rotatable bonds is 7. The number of hydrogen-bond donors (Lipinski definition) is 2. The van der Waals surface area contributed by atoms with Crippen molar-refractivity contribution in [3.8, 4) is 23.1 Å². The van der Waals surface area contributed by atoms with E-state index in [-0.39, 0.29) is 17.9 Å². The molecule has 1 saturated carbocycles. The van der Waals surface area contributed by atoms with Gasteiger partial charge in [-0.3, -0.25) is 14.5 Å². The number of fused-ring (bicyclic) bond motifs is 1. The van der Waals surface area contributed by atoms with E-state index in [1.807, 2.05) is 22.8 Å². The van der Waals surface area contributed by atoms with Gasteiger partial charge in [0.1, 0.15) is 17.1 Å². The molecule has 1 aliphatic carbocycles. The first-order valence-corrected chi connectivity index (χ1v) is 12.5. The maximum atomic E-state index is 13.2. The van der Waals surface area contributed by atoms with Crippen molar-refractivity contribution in [3.63, 3.8) is 0 Å². The van der Waals surface area contributed by atoms with Gasteiger partial charge in [-0.2, -0.15) is 33.7 Å². The molecule has 1 fully saturated rings. The lowest BCUT2D eigenvalue weighted by Crippen LogP contribution is -2.27. The first-order valence-electron chi connectivity index (χ1n) is 12.5. The van der Waals surface area contributed by atoms with Crippen molar-refractivity contribution in [1.29, 1.82) is 5.26 Å². The molecule has 0 amide bonds. The van der Waals surface area contributed by atoms with Crippen LogP contribution in [0.15, 0.2) is 30.9 Å². The zero-order chi connectivity index (χ0) is 27.1. The number of nitrogens with one attached hydrogen (secondary N) is 2. The van der Waals surface area contributed by atoms with Crippen LogP contribution in [-0.4, -0.2) is 47.4 Å². The van der Waals surface area contributed by atoms with Gasteiger partial charge < -0.3 is 10.1 Å². The number of nitriles is 1. The molecule has 0 aliphatic heterocycles. The minimum absolute atomic E-state index is 0.0278. The van der Waals surface area contributed by atoms with Crippen molar-refractivity contribution in [2.24, 2.45) is 0 Å². The molecule has 4 aromatic rings. The second-order valence-corrected chi connectivity index (χ2v) is 9.91. The summed E-state index contributed by atoms with van der Waals surface area (Å²) in [6.07, 6.45) is 3.96. The third-order valence-corrected chi connectivity index (χ3v) is 6.82. The van der Waals surface area contributed by atoms with E-state index >= 15 is 0 Å². The van der Waals surface area contributed by atoms with Gasteiger partial charge in [0.15, 0.2) is 11.4 Å². The maximum Gasteiger partial charge on any atom is 0.436 e. The van der Waals surface area contributed by atoms with Gasteiger partial charge in [-0.25, -0.2) is 4.98 Å². The summed E-state index contributed by atoms with van der Waals surface area (Å²) in [5.41, 5.74) is 0.600. The van der Waals surface area contributed by atoms with Crippen molar-refractivity contribution < 1.29 is 17.9 Å². The molecule has 38 heavy (non-hydrogen) atoms. The number of nitrogens with zero attached hydrogens (tertiary/aromatic N) is 7. The van der Waals surface area contributed by atoms with Crippen molar-refractivity contribution in [1.82, 2.24) is 34.7 Å². The fourth-order valence-electron chi connectivity index (χ4n) is 4.76. The molecule has 4 heterocycles. The molecule has 200 valence electrons. The standard InChI is InChI=1S/C25H28F3N9O/c1-4-30-21-9-19-18(11-31-21)22(15-10-33-36(13-15)24(2,3)14-29)35-37(19)16-5-7-17(8-6-16)38-20-12-32-34-23(20)25(26,27)28/h9-13,16-17H,4-8H2,1-3H3,(H,30,31)(H,32,34). The molecule has 5 rings (SSSR count). The van der Waals surface area contributed by atoms with Crippen LogP contribution >= 0.6 is 0 Å². The Morgan fingerprint density at radius 1 is 1.18 bits per heavy atom. The van der Waals surface area contributed by atoms with Crippen LogP contribution in [0.3, 0.4) is 0 Å². The van der Waals surface area contributed by atoms with Crippen LogP contribution in [0.5, 0.6) is 5.75 Å². The SMILES string of the molecule is CCNc1cc2c(cn1)c(-c1cnn(C(C)(C)C#N)c1)nn2C1CCC(Oc2cn[nH]c2C(F)(F)F)CC1. The van der Waals surface area contributed by atoms with E-state index in [2.05, 4.69) is 26.6 Å². The van der Waals surface area contributed by atoms with Gasteiger partial charge in [0, 0.05) is 36.0 Å². The summed E-state index contributed by atoms with van der Waals surface area (Å²) in [7, 11) is 0. The fraction of sp³-hybridized carbons (Fsp3) is 0.480. The second-order valence-electron chi connectivity index (χ2n) is 9.91. The monoisotopic (exact) mass is 527 g/mol. The number of alkyl halides is 3. The van der Waals surface area contributed by atoms with Gasteiger partial charge in [-0.1, -0.05) is 0 Å². The summed E-state index contributed by atoms with van der Waals surface area (Å²) >= 11 is 0. The summed E-state index contributed by atoms with van der Waals surface area (Å²) in [6, 6.07) is 4.23. The predicted octanol–water partition coefficient (Wildman–Crippen LogP) is 5.29. The first-order chi connectivity index (χ1) is 18.1. The molecule has 0 radical (unpaired) electrons. The highest BCUT2D eigenvalue weighted by atomic mass is 19.4. The van der Waals surface area contributed by atoms with E-state index in [1.165, 1.54) is 0 Å². The van der Waals surface area contributed by atoms with E-state index < -0.39 is 17.4 Å². The van der Waals surface area contributed by atoms with Crippen molar-refractivity contribution >= 4 is 16.7 Å². The quantitative estimate of drug-likeness (QED) is 0.335. The van der Waals surface area contributed by atoms with Gasteiger partial charge in [0.25, 0.3) is 0 Å². The predicted molar refractivity (Wildman–Crippen MR) is 133 cm³/mol. The van der Waals surface area contributed by atoms with E-state index in [1.54, 1.807) is 37.1 Å². The number of anilines is 1. The molecule has 0 aromatic carbocycles. The fourth-order valence-corrected chi connectivity index (χ4v) is 4.76. The minimum Gasteiger partial charge on any atom is -0.486 e. The third-order valence-electron chi connectivity index (χ3n) is 6.82. The van der Waals surface area contributed by atoms with Gasteiger partial charge >= 0.3 is 6.18 Å². The molecule has 13 heteroatoms. The van der Waals surface area contributed by atoms with Crippen LogP contribution in [0.2, 0.25) is 0 Å². The van der Waals surface area contributed by atoms with Crippen LogP contribution in [-0.2, 0) is 11.7 Å². The molecular formula is C25H28F3N9O. The van der Waals surface area contributed by atoms with Gasteiger partial charge in [-0.15, -0.1) is 0 Å². The zero-order valence-corrected chi connectivity index (χ0v) is 21.2. The molecule has 0 atom stereocenters. The largest absolute Gasteiger partial charge is 0.486 e. The second kappa shape index (κ2) is 9.66. The smallest absolute Gasteiger partial charge is 0.436 e. The van der Waals surface area contributed by atoms with Crippen molar-refractivity contribution in [2.45, 2.75) is 70.3 Å². The maximum absolute atomic E-state index is 13.2. The minimum atomic E-state index is -4.55. The molecular weight excluding hydrogens is 499 g/mol. The van der Waals surface area contributed by atoms with Crippen LogP contribution in [0.4, 0.5) is 19.0 Å². The summed E-state index contributed by atoms with van der Waals surface area (Å²) in [5, 5.41) is 28.4. The Kier molecular flexibility index (Phi) is 6.50. The number of hydrogen-bond acceptors (Lipinski definition) is 7. The summed E-state index contributed by atoms with van der Waals surface area (Å²) in [6.45, 7) is 6.27. The van der Waals surface area contributed by atoms with Gasteiger partial charge in [-0.05, 0) is 46.5 Å². The van der Waals surface area contributed by atoms with Crippen LogP contribution in [0.25, 0.3) is 22.2 Å².